The smallest absolute Gasteiger partial charge is 0.349 e. The molecule has 20 heavy (non-hydrogen) atoms. The Morgan fingerprint density at radius 1 is 1.50 bits per heavy atom. The van der Waals surface area contributed by atoms with Gasteiger partial charge in [0.1, 0.15) is 4.88 Å². The third-order valence-electron chi connectivity index (χ3n) is 3.28. The highest BCUT2D eigenvalue weighted by molar-refractivity contribution is 7.17. The number of esters is 1. The Bertz CT molecular complexity index is 535. The number of methoxy groups -OCH3 is 1. The highest BCUT2D eigenvalue weighted by atomic mass is 32.1. The molecule has 0 atom stereocenters. The van der Waals surface area contributed by atoms with E-state index in [9.17, 15) is 9.59 Å². The van der Waals surface area contributed by atoms with Gasteiger partial charge in [-0.15, -0.1) is 0 Å². The maximum absolute atomic E-state index is 11.6. The standard InChI is InChI=1S/C12H16N4O3S/c1-19-11(18)8-6-15-12(20-8)16-4-2-7(3-5-16)9(17)10(13)14/h6-7H,2-5H2,1H3,(H3,13,14). The fourth-order valence-corrected chi connectivity index (χ4v) is 3.04. The molecule has 1 aliphatic heterocycles. The van der Waals surface area contributed by atoms with Crippen LogP contribution in [-0.4, -0.2) is 42.8 Å². The number of hydrogen-bond donors (Lipinski definition) is 2. The van der Waals surface area contributed by atoms with E-state index < -0.39 is 5.97 Å². The van der Waals surface area contributed by atoms with Crippen molar-refractivity contribution in [3.63, 3.8) is 0 Å². The largest absolute Gasteiger partial charge is 0.465 e. The molecule has 2 heterocycles. The van der Waals surface area contributed by atoms with Gasteiger partial charge in [0.05, 0.1) is 13.3 Å². The molecule has 3 N–H and O–H groups in total. The van der Waals surface area contributed by atoms with Crippen LogP contribution in [0.2, 0.25) is 0 Å². The number of thiazole rings is 1. The van der Waals surface area contributed by atoms with Crippen molar-refractivity contribution in [1.82, 2.24) is 4.98 Å². The van der Waals surface area contributed by atoms with Crippen LogP contribution in [0.5, 0.6) is 0 Å². The van der Waals surface area contributed by atoms with Gasteiger partial charge in [0.2, 0.25) is 0 Å². The minimum absolute atomic E-state index is 0.177. The average Bonchev–Trinajstić information content (AvgIpc) is 2.95. The molecular formula is C12H16N4O3S. The molecule has 2 rings (SSSR count). The number of rotatable bonds is 4. The predicted octanol–water partition coefficient (Wildman–Crippen LogP) is 0.651. The van der Waals surface area contributed by atoms with Crippen LogP contribution in [0.4, 0.5) is 5.13 Å². The quantitative estimate of drug-likeness (QED) is 0.479. The van der Waals surface area contributed by atoms with E-state index >= 15 is 0 Å². The second kappa shape index (κ2) is 6.00. The van der Waals surface area contributed by atoms with Crippen LogP contribution < -0.4 is 10.6 Å². The molecule has 0 saturated carbocycles. The zero-order chi connectivity index (χ0) is 14.7. The minimum atomic E-state index is -0.393. The maximum atomic E-state index is 11.6. The molecule has 0 unspecified atom stereocenters. The summed E-state index contributed by atoms with van der Waals surface area (Å²) in [5, 5.41) is 7.92. The average molecular weight is 296 g/mol. The van der Waals surface area contributed by atoms with Crippen LogP contribution in [0.25, 0.3) is 0 Å². The second-order valence-electron chi connectivity index (χ2n) is 4.54. The van der Waals surface area contributed by atoms with Crippen molar-refractivity contribution < 1.29 is 14.3 Å². The van der Waals surface area contributed by atoms with Gasteiger partial charge in [-0.3, -0.25) is 10.2 Å². The highest BCUT2D eigenvalue weighted by Crippen LogP contribution is 2.28. The van der Waals surface area contributed by atoms with Crippen LogP contribution in [0, 0.1) is 11.3 Å². The number of aromatic nitrogens is 1. The molecule has 7 nitrogen and oxygen atoms in total. The number of nitrogens with one attached hydrogen (secondary N) is 1. The SMILES string of the molecule is COC(=O)c1cnc(N2CCC(C(=O)C(=N)N)CC2)s1. The number of piperidine rings is 1. The van der Waals surface area contributed by atoms with Crippen molar-refractivity contribution in [2.24, 2.45) is 11.7 Å². The summed E-state index contributed by atoms with van der Waals surface area (Å²) < 4.78 is 4.64. The van der Waals surface area contributed by atoms with Gasteiger partial charge in [-0.25, -0.2) is 9.78 Å². The van der Waals surface area contributed by atoms with Crippen LogP contribution >= 0.6 is 11.3 Å². The molecule has 108 valence electrons. The molecule has 0 aliphatic carbocycles. The van der Waals surface area contributed by atoms with Crippen molar-refractivity contribution >= 4 is 34.1 Å². The normalized spacial score (nSPS) is 15.9. The number of Topliss-reactive ketones (excluding diaryl/α,β-unsaturated/α-hetero) is 1. The Balaban J connectivity index is 1.97. The number of ketones is 1. The monoisotopic (exact) mass is 296 g/mol. The van der Waals surface area contributed by atoms with E-state index in [1.807, 2.05) is 4.90 Å². The molecule has 1 aromatic heterocycles. The van der Waals surface area contributed by atoms with Gasteiger partial charge in [-0.2, -0.15) is 0 Å². The number of carbonyl (C=O) groups is 2. The number of anilines is 1. The molecule has 0 amide bonds. The molecule has 0 aromatic carbocycles. The van der Waals surface area contributed by atoms with Gasteiger partial charge in [0.15, 0.2) is 16.8 Å². The lowest BCUT2D eigenvalue weighted by atomic mass is 9.92. The Hall–Kier alpha value is -1.96. The van der Waals surface area contributed by atoms with E-state index in [4.69, 9.17) is 11.1 Å². The van der Waals surface area contributed by atoms with Crippen molar-refractivity contribution in [3.05, 3.63) is 11.1 Å². The van der Waals surface area contributed by atoms with Crippen LogP contribution in [0.1, 0.15) is 22.5 Å². The fraction of sp³-hybridized carbons (Fsp3) is 0.500. The fourth-order valence-electron chi connectivity index (χ4n) is 2.16. The lowest BCUT2D eigenvalue weighted by molar-refractivity contribution is -0.117. The molecular weight excluding hydrogens is 280 g/mol. The minimum Gasteiger partial charge on any atom is -0.465 e. The number of amidine groups is 1. The second-order valence-corrected chi connectivity index (χ2v) is 5.55. The molecule has 1 saturated heterocycles. The summed E-state index contributed by atoms with van der Waals surface area (Å²) in [5.74, 6) is -1.22. The summed E-state index contributed by atoms with van der Waals surface area (Å²) in [6.07, 6.45) is 2.79. The predicted molar refractivity (Wildman–Crippen MR) is 75.3 cm³/mol. The number of hydrogen-bond acceptors (Lipinski definition) is 7. The zero-order valence-electron chi connectivity index (χ0n) is 11.1. The first-order valence-corrected chi connectivity index (χ1v) is 7.02. The Kier molecular flexibility index (Phi) is 4.33. The third-order valence-corrected chi connectivity index (χ3v) is 4.32. The van der Waals surface area contributed by atoms with Gasteiger partial charge in [0.25, 0.3) is 0 Å². The van der Waals surface area contributed by atoms with Crippen molar-refractivity contribution in [2.75, 3.05) is 25.1 Å². The van der Waals surface area contributed by atoms with Crippen LogP contribution in [0.3, 0.4) is 0 Å². The third kappa shape index (κ3) is 2.96. The van der Waals surface area contributed by atoms with Gasteiger partial charge in [0, 0.05) is 19.0 Å². The lowest BCUT2D eigenvalue weighted by Crippen LogP contribution is -2.39. The van der Waals surface area contributed by atoms with Gasteiger partial charge in [-0.05, 0) is 12.8 Å². The van der Waals surface area contributed by atoms with E-state index in [2.05, 4.69) is 9.72 Å². The van der Waals surface area contributed by atoms with Crippen molar-refractivity contribution in [2.45, 2.75) is 12.8 Å². The Morgan fingerprint density at radius 2 is 2.15 bits per heavy atom. The summed E-state index contributed by atoms with van der Waals surface area (Å²) in [6, 6.07) is 0. The summed E-state index contributed by atoms with van der Waals surface area (Å²) >= 11 is 1.28. The van der Waals surface area contributed by atoms with E-state index in [0.717, 1.165) is 5.13 Å². The van der Waals surface area contributed by atoms with E-state index in [1.54, 1.807) is 0 Å². The van der Waals surface area contributed by atoms with Gasteiger partial charge < -0.3 is 15.4 Å². The number of carbonyl (C=O) groups excluding carboxylic acids is 2. The van der Waals surface area contributed by atoms with Gasteiger partial charge in [-0.1, -0.05) is 11.3 Å². The number of ether oxygens (including phenoxy) is 1. The molecule has 0 radical (unpaired) electrons. The lowest BCUT2D eigenvalue weighted by Gasteiger charge is -2.30. The Labute approximate surface area is 120 Å². The summed E-state index contributed by atoms with van der Waals surface area (Å²) in [4.78, 5) is 29.7. The first-order chi connectivity index (χ1) is 9.52. The molecule has 1 aromatic rings. The van der Waals surface area contributed by atoms with Crippen molar-refractivity contribution in [1.29, 1.82) is 5.41 Å². The first-order valence-electron chi connectivity index (χ1n) is 6.20. The van der Waals surface area contributed by atoms with Crippen LogP contribution in [0.15, 0.2) is 6.20 Å². The molecule has 0 bridgehead atoms. The zero-order valence-corrected chi connectivity index (χ0v) is 11.9. The Morgan fingerprint density at radius 3 is 2.70 bits per heavy atom. The summed E-state index contributed by atoms with van der Waals surface area (Å²) in [7, 11) is 1.33. The number of nitrogens with two attached hydrogens (primary N) is 1. The molecule has 1 fully saturated rings. The van der Waals surface area contributed by atoms with E-state index in [0.29, 0.717) is 30.8 Å². The molecule has 0 spiro atoms. The highest BCUT2D eigenvalue weighted by Gasteiger charge is 2.27. The van der Waals surface area contributed by atoms with Gasteiger partial charge >= 0.3 is 5.97 Å². The molecule has 8 heteroatoms. The molecule has 1 aliphatic rings. The topological polar surface area (TPSA) is 109 Å². The van der Waals surface area contributed by atoms with Crippen LogP contribution in [-0.2, 0) is 9.53 Å². The van der Waals surface area contributed by atoms with E-state index in [1.165, 1.54) is 24.6 Å². The van der Waals surface area contributed by atoms with E-state index in [-0.39, 0.29) is 17.5 Å². The maximum Gasteiger partial charge on any atom is 0.349 e. The number of nitrogens with zero attached hydrogens (tertiary/aromatic N) is 2. The van der Waals surface area contributed by atoms with Crippen molar-refractivity contribution in [3.8, 4) is 0 Å². The summed E-state index contributed by atoms with van der Waals surface area (Å²) in [6.45, 7) is 1.33. The first kappa shape index (κ1) is 14.4. The summed E-state index contributed by atoms with van der Waals surface area (Å²) in [5.41, 5.74) is 5.22.